The maximum absolute atomic E-state index is 13.2. The van der Waals surface area contributed by atoms with E-state index >= 15 is 0 Å². The predicted octanol–water partition coefficient (Wildman–Crippen LogP) is 5.55. The molecular formula is C22H20F2O3S. The van der Waals surface area contributed by atoms with Crippen molar-refractivity contribution in [2.24, 2.45) is 0 Å². The molecule has 0 atom stereocenters. The molecule has 6 heteroatoms. The van der Waals surface area contributed by atoms with Crippen LogP contribution >= 0.6 is 11.8 Å². The van der Waals surface area contributed by atoms with E-state index in [-0.39, 0.29) is 11.3 Å². The fourth-order valence-electron chi connectivity index (χ4n) is 3.29. The number of aryl methyl sites for hydroxylation is 4. The first-order valence-electron chi connectivity index (χ1n) is 8.78. The molecule has 1 N–H and O–H groups in total. The van der Waals surface area contributed by atoms with Gasteiger partial charge in [0.15, 0.2) is 11.6 Å². The zero-order valence-corrected chi connectivity index (χ0v) is 16.6. The van der Waals surface area contributed by atoms with Crippen LogP contribution in [0.5, 0.6) is 5.75 Å². The molecule has 0 radical (unpaired) electrons. The molecule has 0 saturated heterocycles. The zero-order chi connectivity index (χ0) is 20.4. The van der Waals surface area contributed by atoms with Crippen LogP contribution in [0.3, 0.4) is 0 Å². The average Bonchev–Trinajstić information content (AvgIpc) is 2.59. The molecule has 3 nitrogen and oxygen atoms in total. The second kappa shape index (κ2) is 8.19. The summed E-state index contributed by atoms with van der Waals surface area (Å²) in [5.41, 5.74) is 3.10. The Kier molecular flexibility index (Phi) is 5.89. The highest BCUT2D eigenvalue weighted by Gasteiger charge is 2.18. The van der Waals surface area contributed by atoms with Gasteiger partial charge in [0.25, 0.3) is 0 Å². The average molecular weight is 402 g/mol. The number of rotatable bonds is 5. The van der Waals surface area contributed by atoms with Crippen molar-refractivity contribution < 1.29 is 18.3 Å². The number of hydrogen-bond donors (Lipinski definition) is 1. The lowest BCUT2D eigenvalue weighted by molar-refractivity contribution is 0.430. The summed E-state index contributed by atoms with van der Waals surface area (Å²) in [6.45, 7) is 5.75. The van der Waals surface area contributed by atoms with Crippen molar-refractivity contribution >= 4 is 11.8 Å². The van der Waals surface area contributed by atoms with Gasteiger partial charge < -0.3 is 9.52 Å². The van der Waals surface area contributed by atoms with Crippen molar-refractivity contribution in [2.75, 3.05) is 5.75 Å². The summed E-state index contributed by atoms with van der Waals surface area (Å²) in [6.07, 6.45) is 0.360. The van der Waals surface area contributed by atoms with Crippen LogP contribution in [-0.2, 0) is 6.42 Å². The number of thioether (sulfide) groups is 1. The third kappa shape index (κ3) is 4.28. The summed E-state index contributed by atoms with van der Waals surface area (Å²) < 4.78 is 31.6. The van der Waals surface area contributed by atoms with Gasteiger partial charge in [-0.15, -0.1) is 11.8 Å². The number of hydrogen-bond acceptors (Lipinski definition) is 4. The molecule has 0 unspecified atom stereocenters. The third-order valence-electron chi connectivity index (χ3n) is 4.42. The Bertz CT molecular complexity index is 1070. The van der Waals surface area contributed by atoms with Gasteiger partial charge in [-0.05, 0) is 55.7 Å². The lowest BCUT2D eigenvalue weighted by atomic mass is 9.94. The van der Waals surface area contributed by atoms with Crippen LogP contribution in [0.2, 0.25) is 0 Å². The molecule has 1 aromatic heterocycles. The monoisotopic (exact) mass is 402 g/mol. The van der Waals surface area contributed by atoms with Crippen molar-refractivity contribution in [1.29, 1.82) is 0 Å². The zero-order valence-electron chi connectivity index (χ0n) is 15.8. The SMILES string of the molecule is Cc1cc(C)c(-c2c(O)cc(CCSc3ccc(F)c(F)c3)oc2=O)c(C)c1. The van der Waals surface area contributed by atoms with Crippen LogP contribution in [0.1, 0.15) is 22.5 Å². The summed E-state index contributed by atoms with van der Waals surface area (Å²) >= 11 is 1.31. The van der Waals surface area contributed by atoms with E-state index in [4.69, 9.17) is 4.42 Å². The van der Waals surface area contributed by atoms with Gasteiger partial charge in [0.2, 0.25) is 0 Å². The van der Waals surface area contributed by atoms with Crippen molar-refractivity contribution in [3.63, 3.8) is 0 Å². The summed E-state index contributed by atoms with van der Waals surface area (Å²) in [6, 6.07) is 9.04. The Balaban J connectivity index is 1.81. The van der Waals surface area contributed by atoms with Crippen LogP contribution in [0.25, 0.3) is 11.1 Å². The first-order valence-corrected chi connectivity index (χ1v) is 9.77. The quantitative estimate of drug-likeness (QED) is 0.569. The van der Waals surface area contributed by atoms with E-state index in [2.05, 4.69) is 0 Å². The molecule has 3 aromatic rings. The summed E-state index contributed by atoms with van der Waals surface area (Å²) in [5.74, 6) is -1.10. The van der Waals surface area contributed by atoms with Gasteiger partial charge in [-0.2, -0.15) is 0 Å². The molecule has 2 aromatic carbocycles. The maximum Gasteiger partial charge on any atom is 0.347 e. The molecule has 0 spiro atoms. The molecule has 0 fully saturated rings. The normalized spacial score (nSPS) is 11.0. The second-order valence-corrected chi connectivity index (χ2v) is 7.88. The molecule has 0 aliphatic carbocycles. The Morgan fingerprint density at radius 2 is 1.64 bits per heavy atom. The Morgan fingerprint density at radius 1 is 0.964 bits per heavy atom. The fourth-order valence-corrected chi connectivity index (χ4v) is 4.18. The van der Waals surface area contributed by atoms with Crippen molar-refractivity contribution in [1.82, 2.24) is 0 Å². The smallest absolute Gasteiger partial charge is 0.347 e. The topological polar surface area (TPSA) is 50.4 Å². The molecule has 0 amide bonds. The van der Waals surface area contributed by atoms with Gasteiger partial charge in [-0.1, -0.05) is 17.7 Å². The highest BCUT2D eigenvalue weighted by atomic mass is 32.2. The van der Waals surface area contributed by atoms with Gasteiger partial charge in [-0.25, -0.2) is 13.6 Å². The Labute approximate surface area is 166 Å². The maximum atomic E-state index is 13.2. The van der Waals surface area contributed by atoms with E-state index in [9.17, 15) is 18.7 Å². The molecule has 146 valence electrons. The second-order valence-electron chi connectivity index (χ2n) is 6.71. The highest BCUT2D eigenvalue weighted by Crippen LogP contribution is 2.33. The largest absolute Gasteiger partial charge is 0.507 e. The van der Waals surface area contributed by atoms with E-state index in [0.29, 0.717) is 28.4 Å². The van der Waals surface area contributed by atoms with E-state index in [1.165, 1.54) is 23.9 Å². The molecular weight excluding hydrogens is 382 g/mol. The molecule has 0 aliphatic rings. The van der Waals surface area contributed by atoms with Crippen LogP contribution in [-0.4, -0.2) is 10.9 Å². The standard InChI is InChI=1S/C22H20F2O3S/c1-12-8-13(2)20(14(3)9-12)21-19(25)10-15(27-22(21)26)6-7-28-16-4-5-17(23)18(24)11-16/h4-5,8-11,25H,6-7H2,1-3H3. The summed E-state index contributed by atoms with van der Waals surface area (Å²) in [5, 5.41) is 10.5. The third-order valence-corrected chi connectivity index (χ3v) is 5.41. The lowest BCUT2D eigenvalue weighted by Crippen LogP contribution is -2.08. The molecule has 0 bridgehead atoms. The van der Waals surface area contributed by atoms with Crippen LogP contribution in [0.4, 0.5) is 8.78 Å². The van der Waals surface area contributed by atoms with Gasteiger partial charge in [-0.3, -0.25) is 0 Å². The Morgan fingerprint density at radius 3 is 2.25 bits per heavy atom. The fraction of sp³-hybridized carbons (Fsp3) is 0.227. The minimum absolute atomic E-state index is 0.126. The van der Waals surface area contributed by atoms with Crippen LogP contribution in [0.15, 0.2) is 50.5 Å². The summed E-state index contributed by atoms with van der Waals surface area (Å²) in [4.78, 5) is 13.1. The van der Waals surface area contributed by atoms with Crippen LogP contribution in [0, 0.1) is 32.4 Å². The summed E-state index contributed by atoms with van der Waals surface area (Å²) in [7, 11) is 0. The molecule has 0 saturated carbocycles. The van der Waals surface area contributed by atoms with E-state index in [0.717, 1.165) is 28.8 Å². The van der Waals surface area contributed by atoms with Crippen molar-refractivity contribution in [3.05, 3.63) is 80.9 Å². The molecule has 3 rings (SSSR count). The first kappa shape index (κ1) is 20.1. The van der Waals surface area contributed by atoms with Gasteiger partial charge in [0, 0.05) is 23.1 Å². The van der Waals surface area contributed by atoms with Gasteiger partial charge in [0.1, 0.15) is 17.1 Å². The van der Waals surface area contributed by atoms with E-state index < -0.39 is 17.3 Å². The minimum atomic E-state index is -0.901. The number of aromatic hydroxyl groups is 1. The van der Waals surface area contributed by atoms with Gasteiger partial charge in [0.05, 0.1) is 0 Å². The van der Waals surface area contributed by atoms with Crippen molar-refractivity contribution in [3.8, 4) is 16.9 Å². The van der Waals surface area contributed by atoms with Crippen molar-refractivity contribution in [2.45, 2.75) is 32.1 Å². The molecule has 1 heterocycles. The first-order chi connectivity index (χ1) is 13.3. The Hall–Kier alpha value is -2.60. The highest BCUT2D eigenvalue weighted by molar-refractivity contribution is 7.99. The van der Waals surface area contributed by atoms with E-state index in [1.807, 2.05) is 32.9 Å². The molecule has 28 heavy (non-hydrogen) atoms. The number of halogens is 2. The van der Waals surface area contributed by atoms with E-state index in [1.54, 1.807) is 0 Å². The van der Waals surface area contributed by atoms with Gasteiger partial charge >= 0.3 is 5.63 Å². The van der Waals surface area contributed by atoms with Crippen LogP contribution < -0.4 is 5.63 Å². The predicted molar refractivity (Wildman–Crippen MR) is 107 cm³/mol. The lowest BCUT2D eigenvalue weighted by Gasteiger charge is -2.12. The molecule has 0 aliphatic heterocycles. The number of benzene rings is 2. The minimum Gasteiger partial charge on any atom is -0.507 e.